The molecule has 96 valence electrons. The van der Waals surface area contributed by atoms with Gasteiger partial charge in [0.2, 0.25) is 0 Å². The highest BCUT2D eigenvalue weighted by Crippen LogP contribution is 2.21. The molecule has 0 amide bonds. The third kappa shape index (κ3) is 2.78. The van der Waals surface area contributed by atoms with E-state index in [1.807, 2.05) is 24.3 Å². The number of H-pyrrole nitrogens is 1. The quantitative estimate of drug-likeness (QED) is 0.713. The van der Waals surface area contributed by atoms with Crippen LogP contribution in [-0.2, 0) is 13.1 Å². The van der Waals surface area contributed by atoms with Crippen LogP contribution in [0.4, 0.5) is 0 Å². The summed E-state index contributed by atoms with van der Waals surface area (Å²) in [7, 11) is 0. The van der Waals surface area contributed by atoms with Gasteiger partial charge in [0.15, 0.2) is 5.15 Å². The van der Waals surface area contributed by atoms with Gasteiger partial charge in [-0.15, -0.1) is 0 Å². The van der Waals surface area contributed by atoms with Crippen molar-refractivity contribution in [1.29, 1.82) is 0 Å². The average Bonchev–Trinajstić information content (AvgIpc) is 2.84. The summed E-state index contributed by atoms with van der Waals surface area (Å²) in [5.74, 6) is 0. The van der Waals surface area contributed by atoms with Gasteiger partial charge in [-0.2, -0.15) is 0 Å². The number of benzene rings is 1. The highest BCUT2D eigenvalue weighted by Gasteiger charge is 2.04. The maximum Gasteiger partial charge on any atom is 0.153 e. The average molecular weight is 272 g/mol. The number of pyridine rings is 1. The van der Waals surface area contributed by atoms with Crippen LogP contribution in [0.15, 0.2) is 48.7 Å². The van der Waals surface area contributed by atoms with Crippen molar-refractivity contribution in [3.8, 4) is 0 Å². The molecule has 3 nitrogen and oxygen atoms in total. The lowest BCUT2D eigenvalue weighted by Crippen LogP contribution is -2.12. The van der Waals surface area contributed by atoms with E-state index in [4.69, 9.17) is 11.6 Å². The molecule has 0 saturated carbocycles. The molecule has 0 bridgehead atoms. The highest BCUT2D eigenvalue weighted by molar-refractivity contribution is 6.33. The molecule has 0 aliphatic heterocycles. The topological polar surface area (TPSA) is 40.7 Å². The fourth-order valence-electron chi connectivity index (χ4n) is 2.11. The number of rotatable bonds is 4. The predicted octanol–water partition coefficient (Wildman–Crippen LogP) is 3.51. The molecule has 0 aliphatic carbocycles. The zero-order valence-corrected chi connectivity index (χ0v) is 11.1. The summed E-state index contributed by atoms with van der Waals surface area (Å²) in [6, 6.07) is 14.4. The van der Waals surface area contributed by atoms with E-state index in [2.05, 4.69) is 33.5 Å². The maximum atomic E-state index is 6.04. The van der Waals surface area contributed by atoms with Gasteiger partial charge in [0, 0.05) is 30.4 Å². The molecule has 0 spiro atoms. The Morgan fingerprint density at radius 2 is 1.95 bits per heavy atom. The van der Waals surface area contributed by atoms with Crippen LogP contribution in [0.5, 0.6) is 0 Å². The molecule has 1 aromatic carbocycles. The van der Waals surface area contributed by atoms with E-state index in [-0.39, 0.29) is 0 Å². The van der Waals surface area contributed by atoms with Crippen LogP contribution in [0, 0.1) is 0 Å². The Labute approximate surface area is 116 Å². The van der Waals surface area contributed by atoms with Crippen LogP contribution in [0.1, 0.15) is 11.3 Å². The Balaban J connectivity index is 1.67. The molecule has 2 aromatic heterocycles. The molecule has 0 fully saturated rings. The number of halogens is 1. The molecule has 0 saturated heterocycles. The van der Waals surface area contributed by atoms with Gasteiger partial charge >= 0.3 is 0 Å². The lowest BCUT2D eigenvalue weighted by Gasteiger charge is -2.03. The first-order chi connectivity index (χ1) is 9.33. The fourth-order valence-corrected chi connectivity index (χ4v) is 2.32. The maximum absolute atomic E-state index is 6.04. The predicted molar refractivity (Wildman–Crippen MR) is 78.1 cm³/mol. The molecule has 3 aromatic rings. The molecule has 2 heterocycles. The van der Waals surface area contributed by atoms with Crippen molar-refractivity contribution in [2.45, 2.75) is 13.1 Å². The summed E-state index contributed by atoms with van der Waals surface area (Å²) in [5.41, 5.74) is 3.29. The molecule has 0 atom stereocenters. The minimum Gasteiger partial charge on any atom is -0.355 e. The third-order valence-electron chi connectivity index (χ3n) is 3.04. The first-order valence-electron chi connectivity index (χ1n) is 6.20. The van der Waals surface area contributed by atoms with Gasteiger partial charge in [-0.3, -0.25) is 0 Å². The second-order valence-electron chi connectivity index (χ2n) is 4.45. The summed E-state index contributed by atoms with van der Waals surface area (Å²) in [5, 5.41) is 5.02. The van der Waals surface area contributed by atoms with Crippen LogP contribution >= 0.6 is 11.6 Å². The monoisotopic (exact) mass is 271 g/mol. The van der Waals surface area contributed by atoms with Crippen molar-refractivity contribution in [3.63, 3.8) is 0 Å². The minimum absolute atomic E-state index is 0.520. The summed E-state index contributed by atoms with van der Waals surface area (Å²) >= 11 is 6.04. The lowest BCUT2D eigenvalue weighted by molar-refractivity contribution is 0.683. The van der Waals surface area contributed by atoms with E-state index in [1.165, 1.54) is 5.56 Å². The van der Waals surface area contributed by atoms with Gasteiger partial charge in [0.05, 0.1) is 5.52 Å². The first-order valence-corrected chi connectivity index (χ1v) is 6.57. The molecule has 19 heavy (non-hydrogen) atoms. The van der Waals surface area contributed by atoms with Crippen LogP contribution in [-0.4, -0.2) is 9.97 Å². The summed E-state index contributed by atoms with van der Waals surface area (Å²) in [6.07, 6.45) is 1.72. The molecular weight excluding hydrogens is 258 g/mol. The van der Waals surface area contributed by atoms with Gasteiger partial charge in [0.1, 0.15) is 0 Å². The van der Waals surface area contributed by atoms with Gasteiger partial charge < -0.3 is 10.3 Å². The Morgan fingerprint density at radius 3 is 2.74 bits per heavy atom. The van der Waals surface area contributed by atoms with Crippen molar-refractivity contribution < 1.29 is 0 Å². The van der Waals surface area contributed by atoms with Crippen LogP contribution in [0.2, 0.25) is 5.15 Å². The second kappa shape index (κ2) is 5.43. The number of nitrogens with one attached hydrogen (secondary N) is 2. The molecule has 3 rings (SSSR count). The highest BCUT2D eigenvalue weighted by atomic mass is 35.5. The largest absolute Gasteiger partial charge is 0.355 e. The number of hydrogen-bond donors (Lipinski definition) is 2. The van der Waals surface area contributed by atoms with E-state index >= 15 is 0 Å². The van der Waals surface area contributed by atoms with Crippen LogP contribution in [0.3, 0.4) is 0 Å². The number of hydrogen-bond acceptors (Lipinski definition) is 2. The second-order valence-corrected chi connectivity index (χ2v) is 4.81. The lowest BCUT2D eigenvalue weighted by atomic mass is 10.2. The standard InChI is InChI=1S/C15H14ClN3/c16-15-14-12(6-7-18-15)8-13(19-14)10-17-9-11-4-2-1-3-5-11/h1-8,17,19H,9-10H2. The number of aromatic nitrogens is 2. The Morgan fingerprint density at radius 1 is 1.11 bits per heavy atom. The van der Waals surface area contributed by atoms with Crippen LogP contribution < -0.4 is 5.32 Å². The molecular formula is C15H14ClN3. The Kier molecular flexibility index (Phi) is 3.49. The number of aromatic amines is 1. The molecule has 0 aliphatic rings. The number of nitrogens with zero attached hydrogens (tertiary/aromatic N) is 1. The van der Waals surface area contributed by atoms with Crippen molar-refractivity contribution in [2.75, 3.05) is 0 Å². The molecule has 0 unspecified atom stereocenters. The Bertz CT molecular complexity index is 676. The van der Waals surface area contributed by atoms with E-state index in [1.54, 1.807) is 6.20 Å². The minimum atomic E-state index is 0.520. The van der Waals surface area contributed by atoms with Crippen molar-refractivity contribution in [1.82, 2.24) is 15.3 Å². The van der Waals surface area contributed by atoms with E-state index < -0.39 is 0 Å². The zero-order chi connectivity index (χ0) is 13.1. The molecule has 0 radical (unpaired) electrons. The van der Waals surface area contributed by atoms with Crippen molar-refractivity contribution in [3.05, 3.63) is 65.1 Å². The molecule has 4 heteroatoms. The first kappa shape index (κ1) is 12.2. The summed E-state index contributed by atoms with van der Waals surface area (Å²) < 4.78 is 0. The Hall–Kier alpha value is -1.84. The summed E-state index contributed by atoms with van der Waals surface area (Å²) in [6.45, 7) is 1.63. The van der Waals surface area contributed by atoms with Crippen molar-refractivity contribution >= 4 is 22.5 Å². The normalized spacial score (nSPS) is 11.0. The summed E-state index contributed by atoms with van der Waals surface area (Å²) in [4.78, 5) is 7.36. The van der Waals surface area contributed by atoms with Gasteiger partial charge in [-0.25, -0.2) is 4.98 Å². The SMILES string of the molecule is Clc1nccc2cc(CNCc3ccccc3)[nH]c12. The van der Waals surface area contributed by atoms with Gasteiger partial charge in [0.25, 0.3) is 0 Å². The van der Waals surface area contributed by atoms with E-state index in [0.29, 0.717) is 5.15 Å². The smallest absolute Gasteiger partial charge is 0.153 e. The van der Waals surface area contributed by atoms with Gasteiger partial charge in [-0.05, 0) is 17.7 Å². The fraction of sp³-hybridized carbons (Fsp3) is 0.133. The number of fused-ring (bicyclic) bond motifs is 1. The van der Waals surface area contributed by atoms with Crippen LogP contribution in [0.25, 0.3) is 10.9 Å². The van der Waals surface area contributed by atoms with Gasteiger partial charge in [-0.1, -0.05) is 41.9 Å². The van der Waals surface area contributed by atoms with E-state index in [0.717, 1.165) is 29.7 Å². The molecule has 2 N–H and O–H groups in total. The third-order valence-corrected chi connectivity index (χ3v) is 3.33. The zero-order valence-electron chi connectivity index (χ0n) is 10.4. The van der Waals surface area contributed by atoms with E-state index in [9.17, 15) is 0 Å². The van der Waals surface area contributed by atoms with Crippen molar-refractivity contribution in [2.24, 2.45) is 0 Å².